The van der Waals surface area contributed by atoms with E-state index in [0.29, 0.717) is 5.56 Å². The van der Waals surface area contributed by atoms with Gasteiger partial charge in [0.2, 0.25) is 0 Å². The fraction of sp³-hybridized carbons (Fsp3) is 0.160. The van der Waals surface area contributed by atoms with E-state index in [-0.39, 0.29) is 34.4 Å². The molecular weight excluding hydrogens is 442 g/mol. The molecule has 1 aliphatic carbocycles. The van der Waals surface area contributed by atoms with Gasteiger partial charge in [-0.2, -0.15) is 0 Å². The van der Waals surface area contributed by atoms with E-state index in [0.717, 1.165) is 10.8 Å². The molecule has 0 aromatic heterocycles. The number of benzene rings is 3. The van der Waals surface area contributed by atoms with Crippen LogP contribution in [0.3, 0.4) is 0 Å². The highest BCUT2D eigenvalue weighted by Gasteiger charge is 2.51. The van der Waals surface area contributed by atoms with Gasteiger partial charge in [-0.3, -0.25) is 19.7 Å². The maximum absolute atomic E-state index is 13.4. The van der Waals surface area contributed by atoms with E-state index < -0.39 is 40.8 Å². The van der Waals surface area contributed by atoms with E-state index in [2.05, 4.69) is 0 Å². The highest BCUT2D eigenvalue weighted by molar-refractivity contribution is 6.28. The first kappa shape index (κ1) is 21.6. The number of Topliss-reactive ketones (excluding diaryl/α,β-unsaturated/α-hetero) is 2. The largest absolute Gasteiger partial charge is 0.479 e. The average Bonchev–Trinajstić information content (AvgIpc) is 2.81. The number of fused-ring (bicyclic) bond motifs is 2. The molecule has 2 aliphatic rings. The van der Waals surface area contributed by atoms with Gasteiger partial charge < -0.3 is 14.9 Å². The molecule has 0 spiro atoms. The normalized spacial score (nSPS) is 21.9. The van der Waals surface area contributed by atoms with Gasteiger partial charge in [-0.25, -0.2) is 4.79 Å². The Bertz CT molecular complexity index is 1440. The van der Waals surface area contributed by atoms with Crippen LogP contribution in [0.25, 0.3) is 10.8 Å². The summed E-state index contributed by atoms with van der Waals surface area (Å²) in [5.74, 6) is -2.55. The van der Waals surface area contributed by atoms with Crippen LogP contribution in [-0.4, -0.2) is 44.6 Å². The highest BCUT2D eigenvalue weighted by atomic mass is 16.6. The van der Waals surface area contributed by atoms with Crippen LogP contribution in [0.1, 0.15) is 32.7 Å². The molecule has 1 heterocycles. The maximum Gasteiger partial charge on any atom is 0.336 e. The van der Waals surface area contributed by atoms with Crippen LogP contribution < -0.4 is 0 Å². The van der Waals surface area contributed by atoms with Gasteiger partial charge in [0.15, 0.2) is 23.5 Å². The standard InChI is InChI=1S/C25H17NO8/c27-21-17-9-14-3-1-2-4-15(14)10-18(17)22(28)20-19(21)12-25(24(30)31,34-23(20)29)11-13-5-7-16(8-6-13)26(32)33/h1-10,23,29H,11-12H2,(H,30,31)/t23-,25-/m1/s1. The minimum atomic E-state index is -2.04. The minimum Gasteiger partial charge on any atom is -0.479 e. The number of rotatable bonds is 4. The first-order chi connectivity index (χ1) is 16.2. The van der Waals surface area contributed by atoms with Crippen molar-refractivity contribution in [1.29, 1.82) is 0 Å². The van der Waals surface area contributed by atoms with Gasteiger partial charge in [-0.05, 0) is 28.5 Å². The number of carbonyl (C=O) groups is 3. The number of aliphatic hydroxyl groups is 1. The van der Waals surface area contributed by atoms with Gasteiger partial charge in [-0.1, -0.05) is 36.4 Å². The average molecular weight is 459 g/mol. The zero-order valence-corrected chi connectivity index (χ0v) is 17.6. The van der Waals surface area contributed by atoms with Crippen molar-refractivity contribution in [3.63, 3.8) is 0 Å². The van der Waals surface area contributed by atoms with Crippen LogP contribution in [0.5, 0.6) is 0 Å². The van der Waals surface area contributed by atoms with Crippen molar-refractivity contribution in [2.75, 3.05) is 0 Å². The number of carboxylic acid groups (broad SMARTS) is 1. The number of ketones is 2. The second-order valence-corrected chi connectivity index (χ2v) is 8.34. The van der Waals surface area contributed by atoms with Crippen molar-refractivity contribution < 1.29 is 34.3 Å². The Balaban J connectivity index is 1.57. The Kier molecular flexibility index (Phi) is 4.89. The van der Waals surface area contributed by atoms with E-state index in [4.69, 9.17) is 4.74 Å². The van der Waals surface area contributed by atoms with Crippen molar-refractivity contribution in [1.82, 2.24) is 0 Å². The number of aliphatic carboxylic acids is 1. The van der Waals surface area contributed by atoms with Crippen LogP contribution in [0.4, 0.5) is 5.69 Å². The van der Waals surface area contributed by atoms with Crippen molar-refractivity contribution >= 4 is 34.0 Å². The molecule has 170 valence electrons. The molecule has 3 aromatic carbocycles. The third-order valence-corrected chi connectivity index (χ3v) is 6.29. The number of nitro groups is 1. The fourth-order valence-corrected chi connectivity index (χ4v) is 4.59. The lowest BCUT2D eigenvalue weighted by molar-refractivity contribution is -0.384. The van der Waals surface area contributed by atoms with E-state index >= 15 is 0 Å². The van der Waals surface area contributed by atoms with Gasteiger partial charge >= 0.3 is 5.97 Å². The van der Waals surface area contributed by atoms with Crippen LogP contribution in [0.15, 0.2) is 71.8 Å². The highest BCUT2D eigenvalue weighted by Crippen LogP contribution is 2.42. The molecule has 0 fully saturated rings. The van der Waals surface area contributed by atoms with Gasteiger partial charge in [0, 0.05) is 41.7 Å². The molecule has 0 bridgehead atoms. The topological polar surface area (TPSA) is 144 Å². The number of nitro benzene ring substituents is 1. The molecule has 34 heavy (non-hydrogen) atoms. The van der Waals surface area contributed by atoms with Crippen molar-refractivity contribution in [3.8, 4) is 0 Å². The summed E-state index contributed by atoms with van der Waals surface area (Å²) in [7, 11) is 0. The first-order valence-corrected chi connectivity index (χ1v) is 10.4. The predicted octanol–water partition coefficient (Wildman–Crippen LogP) is 3.23. The first-order valence-electron chi connectivity index (χ1n) is 10.4. The monoisotopic (exact) mass is 459 g/mol. The second kappa shape index (κ2) is 7.68. The summed E-state index contributed by atoms with van der Waals surface area (Å²) in [5.41, 5.74) is -1.90. The van der Waals surface area contributed by atoms with Gasteiger partial charge in [0.1, 0.15) is 0 Å². The number of aliphatic hydroxyl groups excluding tert-OH is 1. The summed E-state index contributed by atoms with van der Waals surface area (Å²) in [6.45, 7) is 0. The SMILES string of the molecule is O=C1C2=C(C(=O)c3cc4ccccc4cc31)[C@H](O)O[C@@](Cc1ccc([N+](=O)[O-])cc1)(C(=O)O)C2. The molecular formula is C25H17NO8. The molecule has 5 rings (SSSR count). The van der Waals surface area contributed by atoms with E-state index in [1.807, 2.05) is 0 Å². The molecule has 0 unspecified atom stereocenters. The quantitative estimate of drug-likeness (QED) is 0.447. The molecule has 1 aliphatic heterocycles. The number of carboxylic acids is 1. The third kappa shape index (κ3) is 3.30. The van der Waals surface area contributed by atoms with Crippen molar-refractivity contribution in [2.24, 2.45) is 0 Å². The van der Waals surface area contributed by atoms with Crippen molar-refractivity contribution in [2.45, 2.75) is 24.7 Å². The lowest BCUT2D eigenvalue weighted by Crippen LogP contribution is -2.52. The predicted molar refractivity (Wildman–Crippen MR) is 119 cm³/mol. The number of nitrogens with zero attached hydrogens (tertiary/aromatic N) is 1. The van der Waals surface area contributed by atoms with Gasteiger partial charge in [0.05, 0.1) is 10.5 Å². The maximum atomic E-state index is 13.4. The van der Waals surface area contributed by atoms with E-state index in [1.54, 1.807) is 36.4 Å². The van der Waals surface area contributed by atoms with Crippen LogP contribution >= 0.6 is 0 Å². The van der Waals surface area contributed by atoms with Gasteiger partial charge in [-0.15, -0.1) is 0 Å². The van der Waals surface area contributed by atoms with Crippen LogP contribution in [0.2, 0.25) is 0 Å². The molecule has 2 atom stereocenters. The summed E-state index contributed by atoms with van der Waals surface area (Å²) in [6, 6.07) is 15.6. The molecule has 9 heteroatoms. The van der Waals surface area contributed by atoms with E-state index in [1.165, 1.54) is 24.3 Å². The smallest absolute Gasteiger partial charge is 0.336 e. The Morgan fingerprint density at radius 1 is 1.03 bits per heavy atom. The number of hydrogen-bond acceptors (Lipinski definition) is 7. The van der Waals surface area contributed by atoms with E-state index in [9.17, 15) is 34.7 Å². The second-order valence-electron chi connectivity index (χ2n) is 8.34. The Hall–Kier alpha value is -4.21. The summed E-state index contributed by atoms with van der Waals surface area (Å²) >= 11 is 0. The lowest BCUT2D eigenvalue weighted by Gasteiger charge is -2.39. The van der Waals surface area contributed by atoms with Crippen molar-refractivity contribution in [3.05, 3.63) is 98.6 Å². The summed E-state index contributed by atoms with van der Waals surface area (Å²) in [6.07, 6.45) is -2.64. The molecule has 9 nitrogen and oxygen atoms in total. The summed E-state index contributed by atoms with van der Waals surface area (Å²) in [4.78, 5) is 49.3. The number of hydrogen-bond donors (Lipinski definition) is 2. The Morgan fingerprint density at radius 2 is 1.62 bits per heavy atom. The summed E-state index contributed by atoms with van der Waals surface area (Å²) in [5, 5.41) is 33.1. The molecule has 0 saturated carbocycles. The van der Waals surface area contributed by atoms with Gasteiger partial charge in [0.25, 0.3) is 5.69 Å². The number of non-ortho nitro benzene ring substituents is 1. The molecule has 3 aromatic rings. The molecule has 2 N–H and O–H groups in total. The minimum absolute atomic E-state index is 0.101. The zero-order chi connectivity index (χ0) is 24.2. The molecule has 0 amide bonds. The fourth-order valence-electron chi connectivity index (χ4n) is 4.59. The van der Waals surface area contributed by atoms with Crippen LogP contribution in [-0.2, 0) is 16.0 Å². The Labute approximate surface area is 192 Å². The Morgan fingerprint density at radius 3 is 2.18 bits per heavy atom. The summed E-state index contributed by atoms with van der Waals surface area (Å²) < 4.78 is 5.50. The number of carbonyl (C=O) groups excluding carboxylic acids is 2. The molecule has 0 saturated heterocycles. The zero-order valence-electron chi connectivity index (χ0n) is 17.6. The number of ether oxygens (including phenoxy) is 1. The lowest BCUT2D eigenvalue weighted by atomic mass is 9.75. The third-order valence-electron chi connectivity index (χ3n) is 6.29. The molecule has 0 radical (unpaired) electrons. The van der Waals surface area contributed by atoms with Crippen LogP contribution in [0, 0.1) is 10.1 Å².